The first-order valence-corrected chi connectivity index (χ1v) is 7.00. The van der Waals surface area contributed by atoms with Gasteiger partial charge in [-0.2, -0.15) is 0 Å². The number of hydrogen-bond donors (Lipinski definition) is 1. The Labute approximate surface area is 101 Å². The lowest BCUT2D eigenvalue weighted by Crippen LogP contribution is -2.26. The molecule has 1 aliphatic rings. The van der Waals surface area contributed by atoms with E-state index in [-0.39, 0.29) is 6.10 Å². The van der Waals surface area contributed by atoms with Crippen molar-refractivity contribution in [3.8, 4) is 0 Å². The maximum atomic E-state index is 9.23. The van der Waals surface area contributed by atoms with E-state index >= 15 is 0 Å². The van der Waals surface area contributed by atoms with Crippen LogP contribution in [0.1, 0.15) is 52.9 Å². The molecule has 1 fully saturated rings. The highest BCUT2D eigenvalue weighted by molar-refractivity contribution is 4.72. The molecular formula is C14H29NO. The summed E-state index contributed by atoms with van der Waals surface area (Å²) in [5.41, 5.74) is 0. The molecule has 0 saturated carbocycles. The lowest BCUT2D eigenvalue weighted by Gasteiger charge is -2.21. The van der Waals surface area contributed by atoms with E-state index in [1.807, 2.05) is 6.92 Å². The number of rotatable bonds is 5. The van der Waals surface area contributed by atoms with Crippen molar-refractivity contribution in [3.63, 3.8) is 0 Å². The summed E-state index contributed by atoms with van der Waals surface area (Å²) in [6.45, 7) is 10.3. The predicted octanol–water partition coefficient (Wildman–Crippen LogP) is 2.91. The Balaban J connectivity index is 2.20. The minimum atomic E-state index is -0.129. The molecule has 0 bridgehead atoms. The van der Waals surface area contributed by atoms with Gasteiger partial charge in [-0.25, -0.2) is 0 Å². The van der Waals surface area contributed by atoms with Gasteiger partial charge in [0.2, 0.25) is 0 Å². The third-order valence-corrected chi connectivity index (χ3v) is 3.90. The summed E-state index contributed by atoms with van der Waals surface area (Å²) >= 11 is 0. The van der Waals surface area contributed by atoms with Crippen LogP contribution in [0.25, 0.3) is 0 Å². The van der Waals surface area contributed by atoms with E-state index in [0.717, 1.165) is 24.7 Å². The van der Waals surface area contributed by atoms with Crippen LogP contribution in [-0.2, 0) is 0 Å². The molecule has 1 heterocycles. The molecule has 0 radical (unpaired) electrons. The van der Waals surface area contributed by atoms with Crippen LogP contribution in [0.3, 0.4) is 0 Å². The fourth-order valence-corrected chi connectivity index (χ4v) is 2.68. The third-order valence-electron chi connectivity index (χ3n) is 3.90. The maximum absolute atomic E-state index is 9.23. The van der Waals surface area contributed by atoms with Crippen molar-refractivity contribution in [3.05, 3.63) is 0 Å². The van der Waals surface area contributed by atoms with Gasteiger partial charge in [0.15, 0.2) is 0 Å². The number of aliphatic hydroxyl groups is 1. The highest BCUT2D eigenvalue weighted by Crippen LogP contribution is 2.24. The van der Waals surface area contributed by atoms with Crippen LogP contribution in [0.4, 0.5) is 0 Å². The lowest BCUT2D eigenvalue weighted by atomic mass is 9.89. The predicted molar refractivity (Wildman–Crippen MR) is 69.5 cm³/mol. The van der Waals surface area contributed by atoms with Gasteiger partial charge in [-0.05, 0) is 70.5 Å². The lowest BCUT2D eigenvalue weighted by molar-refractivity contribution is 0.170. The summed E-state index contributed by atoms with van der Waals surface area (Å²) in [5, 5.41) is 9.23. The minimum absolute atomic E-state index is 0.129. The van der Waals surface area contributed by atoms with Gasteiger partial charge in [-0.3, -0.25) is 0 Å². The van der Waals surface area contributed by atoms with Crippen molar-refractivity contribution < 1.29 is 5.11 Å². The molecule has 1 rings (SSSR count). The molecule has 1 aliphatic heterocycles. The Morgan fingerprint density at radius 1 is 1.19 bits per heavy atom. The molecular weight excluding hydrogens is 198 g/mol. The molecule has 1 saturated heterocycles. The Bertz CT molecular complexity index is 180. The van der Waals surface area contributed by atoms with E-state index in [0.29, 0.717) is 0 Å². The first-order chi connectivity index (χ1) is 7.59. The Kier molecular flexibility index (Phi) is 6.37. The second-order valence-corrected chi connectivity index (χ2v) is 5.77. The molecule has 0 aromatic heterocycles. The van der Waals surface area contributed by atoms with Gasteiger partial charge in [0.25, 0.3) is 0 Å². The quantitative estimate of drug-likeness (QED) is 0.780. The number of hydrogen-bond acceptors (Lipinski definition) is 2. The van der Waals surface area contributed by atoms with Gasteiger partial charge < -0.3 is 10.0 Å². The summed E-state index contributed by atoms with van der Waals surface area (Å²) in [6, 6.07) is 0. The zero-order valence-electron chi connectivity index (χ0n) is 11.3. The van der Waals surface area contributed by atoms with Crippen molar-refractivity contribution >= 4 is 0 Å². The summed E-state index contributed by atoms with van der Waals surface area (Å²) in [7, 11) is 0. The van der Waals surface area contributed by atoms with Crippen LogP contribution in [-0.4, -0.2) is 35.7 Å². The van der Waals surface area contributed by atoms with Crippen LogP contribution < -0.4 is 0 Å². The molecule has 1 N–H and O–H groups in total. The monoisotopic (exact) mass is 227 g/mol. The summed E-state index contributed by atoms with van der Waals surface area (Å²) in [6.07, 6.45) is 6.10. The first kappa shape index (κ1) is 14.0. The van der Waals surface area contributed by atoms with Gasteiger partial charge in [-0.15, -0.1) is 0 Å². The number of likely N-dealkylation sites (tertiary alicyclic amines) is 1. The van der Waals surface area contributed by atoms with Crippen LogP contribution in [0.5, 0.6) is 0 Å². The van der Waals surface area contributed by atoms with Gasteiger partial charge in [0, 0.05) is 0 Å². The summed E-state index contributed by atoms with van der Waals surface area (Å²) in [4.78, 5) is 2.59. The van der Waals surface area contributed by atoms with Gasteiger partial charge >= 0.3 is 0 Å². The van der Waals surface area contributed by atoms with E-state index in [4.69, 9.17) is 0 Å². The van der Waals surface area contributed by atoms with E-state index in [9.17, 15) is 5.11 Å². The highest BCUT2D eigenvalue weighted by Gasteiger charge is 2.18. The Morgan fingerprint density at radius 3 is 2.56 bits per heavy atom. The van der Waals surface area contributed by atoms with Crippen molar-refractivity contribution in [1.82, 2.24) is 4.90 Å². The van der Waals surface area contributed by atoms with E-state index in [1.165, 1.54) is 38.9 Å². The average Bonchev–Trinajstić information content (AvgIpc) is 2.42. The van der Waals surface area contributed by atoms with Crippen molar-refractivity contribution in [2.45, 2.75) is 59.0 Å². The number of aliphatic hydroxyl groups excluding tert-OH is 1. The fourth-order valence-electron chi connectivity index (χ4n) is 2.68. The zero-order valence-corrected chi connectivity index (χ0v) is 11.3. The van der Waals surface area contributed by atoms with Gasteiger partial charge in [0.05, 0.1) is 6.10 Å². The van der Waals surface area contributed by atoms with Gasteiger partial charge in [0.1, 0.15) is 0 Å². The van der Waals surface area contributed by atoms with E-state index in [1.54, 1.807) is 0 Å². The van der Waals surface area contributed by atoms with Crippen LogP contribution in [0.15, 0.2) is 0 Å². The largest absolute Gasteiger partial charge is 0.393 e. The molecule has 0 amide bonds. The van der Waals surface area contributed by atoms with E-state index in [2.05, 4.69) is 18.7 Å². The highest BCUT2D eigenvalue weighted by atomic mass is 16.3. The van der Waals surface area contributed by atoms with Crippen molar-refractivity contribution in [1.29, 1.82) is 0 Å². The standard InChI is InChI=1S/C14H29NO/c1-12(2)14-7-5-10-15(11-8-14)9-4-6-13(3)16/h12-14,16H,4-11H2,1-3H3. The molecule has 2 unspecified atom stereocenters. The average molecular weight is 227 g/mol. The topological polar surface area (TPSA) is 23.5 Å². The van der Waals surface area contributed by atoms with Crippen molar-refractivity contribution in [2.75, 3.05) is 19.6 Å². The fraction of sp³-hybridized carbons (Fsp3) is 1.00. The second-order valence-electron chi connectivity index (χ2n) is 5.77. The molecule has 0 aliphatic carbocycles. The minimum Gasteiger partial charge on any atom is -0.393 e. The van der Waals surface area contributed by atoms with Gasteiger partial charge in [-0.1, -0.05) is 13.8 Å². The Morgan fingerprint density at radius 2 is 1.94 bits per heavy atom. The molecule has 2 atom stereocenters. The molecule has 0 aromatic rings. The SMILES string of the molecule is CC(O)CCCN1CCCC(C(C)C)CC1. The van der Waals surface area contributed by atoms with Crippen LogP contribution in [0.2, 0.25) is 0 Å². The normalized spacial score (nSPS) is 25.7. The molecule has 0 spiro atoms. The molecule has 16 heavy (non-hydrogen) atoms. The zero-order chi connectivity index (χ0) is 12.0. The molecule has 96 valence electrons. The summed E-state index contributed by atoms with van der Waals surface area (Å²) < 4.78 is 0. The van der Waals surface area contributed by atoms with Crippen molar-refractivity contribution in [2.24, 2.45) is 11.8 Å². The molecule has 0 aromatic carbocycles. The summed E-state index contributed by atoms with van der Waals surface area (Å²) in [5.74, 6) is 1.78. The number of nitrogens with zero attached hydrogens (tertiary/aromatic N) is 1. The van der Waals surface area contributed by atoms with E-state index < -0.39 is 0 Å². The van der Waals surface area contributed by atoms with Crippen LogP contribution in [0, 0.1) is 11.8 Å². The smallest absolute Gasteiger partial charge is 0.0512 e. The molecule has 2 nitrogen and oxygen atoms in total. The Hall–Kier alpha value is -0.0800. The second kappa shape index (κ2) is 7.29. The van der Waals surface area contributed by atoms with Crippen LogP contribution >= 0.6 is 0 Å². The molecule has 2 heteroatoms. The third kappa shape index (κ3) is 5.31. The maximum Gasteiger partial charge on any atom is 0.0512 e. The first-order valence-electron chi connectivity index (χ1n) is 7.00.